The summed E-state index contributed by atoms with van der Waals surface area (Å²) in [6.45, 7) is 1.98. The number of hydrogen-bond donors (Lipinski definition) is 2. The van der Waals surface area contributed by atoms with Crippen molar-refractivity contribution in [3.63, 3.8) is 0 Å². The number of carbonyl (C=O) groups is 1. The standard InChI is InChI=1S/C18H21BrN2O3/c1-18(20,13-4-6-14(19)7-5-13)17(22)21-11-12-10-15(23-2)8-9-16(12)24-3/h4-10H,11,20H2,1-3H3,(H,21,22). The summed E-state index contributed by atoms with van der Waals surface area (Å²) in [5.41, 5.74) is 6.66. The molecule has 2 aromatic rings. The number of methoxy groups -OCH3 is 2. The summed E-state index contributed by atoms with van der Waals surface area (Å²) < 4.78 is 11.5. The highest BCUT2D eigenvalue weighted by Gasteiger charge is 2.30. The molecule has 24 heavy (non-hydrogen) atoms. The topological polar surface area (TPSA) is 73.6 Å². The average Bonchev–Trinajstić information content (AvgIpc) is 2.59. The number of rotatable bonds is 6. The summed E-state index contributed by atoms with van der Waals surface area (Å²) in [6.07, 6.45) is 0. The fraction of sp³-hybridized carbons (Fsp3) is 0.278. The highest BCUT2D eigenvalue weighted by atomic mass is 79.9. The molecule has 1 amide bonds. The third-order valence-corrected chi connectivity index (χ3v) is 4.37. The number of benzene rings is 2. The number of nitrogens with one attached hydrogen (secondary N) is 1. The summed E-state index contributed by atoms with van der Waals surface area (Å²) >= 11 is 3.37. The first-order valence-corrected chi connectivity index (χ1v) is 8.22. The van der Waals surface area contributed by atoms with E-state index in [4.69, 9.17) is 15.2 Å². The van der Waals surface area contributed by atoms with Crippen LogP contribution in [-0.2, 0) is 16.9 Å². The Morgan fingerprint density at radius 3 is 2.42 bits per heavy atom. The lowest BCUT2D eigenvalue weighted by Crippen LogP contribution is -2.48. The van der Waals surface area contributed by atoms with E-state index in [1.54, 1.807) is 33.3 Å². The molecule has 2 aromatic carbocycles. The predicted octanol–water partition coefficient (Wildman–Crippen LogP) is 2.96. The Hall–Kier alpha value is -2.05. The maximum atomic E-state index is 12.6. The molecule has 5 nitrogen and oxygen atoms in total. The van der Waals surface area contributed by atoms with Crippen LogP contribution in [0.25, 0.3) is 0 Å². The van der Waals surface area contributed by atoms with Gasteiger partial charge in [-0.15, -0.1) is 0 Å². The van der Waals surface area contributed by atoms with Gasteiger partial charge in [0.15, 0.2) is 0 Å². The van der Waals surface area contributed by atoms with Crippen molar-refractivity contribution >= 4 is 21.8 Å². The van der Waals surface area contributed by atoms with E-state index in [-0.39, 0.29) is 5.91 Å². The molecule has 0 saturated carbocycles. The number of ether oxygens (including phenoxy) is 2. The Balaban J connectivity index is 2.13. The van der Waals surface area contributed by atoms with Crippen LogP contribution in [0.4, 0.5) is 0 Å². The molecule has 6 heteroatoms. The number of halogens is 1. The lowest BCUT2D eigenvalue weighted by Gasteiger charge is -2.24. The highest BCUT2D eigenvalue weighted by molar-refractivity contribution is 9.10. The first-order valence-electron chi connectivity index (χ1n) is 7.42. The first-order chi connectivity index (χ1) is 11.4. The number of hydrogen-bond acceptors (Lipinski definition) is 4. The van der Waals surface area contributed by atoms with Crippen LogP contribution in [0.1, 0.15) is 18.1 Å². The maximum Gasteiger partial charge on any atom is 0.244 e. The molecule has 0 aliphatic rings. The van der Waals surface area contributed by atoms with Gasteiger partial charge >= 0.3 is 0 Å². The van der Waals surface area contributed by atoms with Gasteiger partial charge in [-0.25, -0.2) is 0 Å². The lowest BCUT2D eigenvalue weighted by molar-refractivity contribution is -0.126. The van der Waals surface area contributed by atoms with Crippen LogP contribution in [0, 0.1) is 0 Å². The van der Waals surface area contributed by atoms with E-state index in [2.05, 4.69) is 21.2 Å². The van der Waals surface area contributed by atoms with E-state index < -0.39 is 5.54 Å². The molecule has 0 bridgehead atoms. The van der Waals surface area contributed by atoms with Crippen molar-refractivity contribution in [1.29, 1.82) is 0 Å². The van der Waals surface area contributed by atoms with Crippen molar-refractivity contribution < 1.29 is 14.3 Å². The third kappa shape index (κ3) is 4.07. The van der Waals surface area contributed by atoms with Gasteiger partial charge in [0.2, 0.25) is 5.91 Å². The second-order valence-corrected chi connectivity index (χ2v) is 6.49. The van der Waals surface area contributed by atoms with Crippen LogP contribution >= 0.6 is 15.9 Å². The molecule has 0 fully saturated rings. The van der Waals surface area contributed by atoms with Crippen molar-refractivity contribution in [2.45, 2.75) is 19.0 Å². The van der Waals surface area contributed by atoms with Crippen LogP contribution in [-0.4, -0.2) is 20.1 Å². The minimum atomic E-state index is -1.13. The summed E-state index contributed by atoms with van der Waals surface area (Å²) in [5.74, 6) is 1.11. The van der Waals surface area contributed by atoms with Gasteiger partial charge in [0.25, 0.3) is 0 Å². The van der Waals surface area contributed by atoms with E-state index in [1.165, 1.54) is 0 Å². The van der Waals surface area contributed by atoms with Gasteiger partial charge in [0.05, 0.1) is 14.2 Å². The van der Waals surface area contributed by atoms with E-state index in [9.17, 15) is 4.79 Å². The van der Waals surface area contributed by atoms with Crippen LogP contribution in [0.5, 0.6) is 11.5 Å². The van der Waals surface area contributed by atoms with Gasteiger partial charge in [-0.05, 0) is 42.8 Å². The normalized spacial score (nSPS) is 13.0. The average molecular weight is 393 g/mol. The molecule has 0 spiro atoms. The Labute approximate surface area is 150 Å². The van der Waals surface area contributed by atoms with Crippen LogP contribution < -0.4 is 20.5 Å². The molecular formula is C18H21BrN2O3. The molecule has 0 aromatic heterocycles. The fourth-order valence-electron chi connectivity index (χ4n) is 2.31. The third-order valence-electron chi connectivity index (χ3n) is 3.84. The summed E-state index contributed by atoms with van der Waals surface area (Å²) in [7, 11) is 3.18. The Bertz CT molecular complexity index is 715. The van der Waals surface area contributed by atoms with Gasteiger partial charge < -0.3 is 20.5 Å². The van der Waals surface area contributed by atoms with Gasteiger partial charge in [-0.2, -0.15) is 0 Å². The maximum absolute atomic E-state index is 12.6. The lowest BCUT2D eigenvalue weighted by atomic mass is 9.92. The second-order valence-electron chi connectivity index (χ2n) is 5.57. The van der Waals surface area contributed by atoms with E-state index in [0.717, 1.165) is 15.6 Å². The zero-order chi connectivity index (χ0) is 17.7. The molecule has 1 unspecified atom stereocenters. The van der Waals surface area contributed by atoms with Gasteiger partial charge in [0.1, 0.15) is 17.0 Å². The minimum Gasteiger partial charge on any atom is -0.497 e. The molecule has 2 rings (SSSR count). The van der Waals surface area contributed by atoms with Gasteiger partial charge in [-0.3, -0.25) is 4.79 Å². The summed E-state index contributed by atoms with van der Waals surface area (Å²) in [4.78, 5) is 12.6. The quantitative estimate of drug-likeness (QED) is 0.792. The zero-order valence-corrected chi connectivity index (χ0v) is 15.5. The van der Waals surface area contributed by atoms with E-state index in [0.29, 0.717) is 18.0 Å². The van der Waals surface area contributed by atoms with Crippen LogP contribution in [0.3, 0.4) is 0 Å². The van der Waals surface area contributed by atoms with Crippen molar-refractivity contribution in [1.82, 2.24) is 5.32 Å². The Kier molecular flexibility index (Phi) is 5.85. The molecule has 3 N–H and O–H groups in total. The molecule has 0 radical (unpaired) electrons. The zero-order valence-electron chi connectivity index (χ0n) is 13.9. The number of nitrogens with two attached hydrogens (primary N) is 1. The summed E-state index contributed by atoms with van der Waals surface area (Å²) in [6, 6.07) is 12.8. The van der Waals surface area contributed by atoms with Crippen molar-refractivity contribution in [3.05, 3.63) is 58.1 Å². The molecule has 128 valence electrons. The largest absolute Gasteiger partial charge is 0.497 e. The minimum absolute atomic E-state index is 0.269. The monoisotopic (exact) mass is 392 g/mol. The fourth-order valence-corrected chi connectivity index (χ4v) is 2.57. The smallest absolute Gasteiger partial charge is 0.244 e. The number of amides is 1. The van der Waals surface area contributed by atoms with Crippen molar-refractivity contribution in [2.24, 2.45) is 5.73 Å². The Morgan fingerprint density at radius 1 is 1.17 bits per heavy atom. The van der Waals surface area contributed by atoms with Crippen molar-refractivity contribution in [2.75, 3.05) is 14.2 Å². The number of carbonyl (C=O) groups excluding carboxylic acids is 1. The first kappa shape index (κ1) is 18.3. The SMILES string of the molecule is COc1ccc(OC)c(CNC(=O)C(C)(N)c2ccc(Br)cc2)c1. The van der Waals surface area contributed by atoms with Gasteiger partial charge in [0, 0.05) is 16.6 Å². The van der Waals surface area contributed by atoms with Crippen molar-refractivity contribution in [3.8, 4) is 11.5 Å². The summed E-state index contributed by atoms with van der Waals surface area (Å²) in [5, 5.41) is 2.87. The molecule has 0 aliphatic carbocycles. The highest BCUT2D eigenvalue weighted by Crippen LogP contribution is 2.25. The second kappa shape index (κ2) is 7.68. The van der Waals surface area contributed by atoms with Crippen LogP contribution in [0.2, 0.25) is 0 Å². The van der Waals surface area contributed by atoms with E-state index >= 15 is 0 Å². The molecule has 0 aliphatic heterocycles. The molecular weight excluding hydrogens is 372 g/mol. The molecule has 0 heterocycles. The van der Waals surface area contributed by atoms with Crippen LogP contribution in [0.15, 0.2) is 46.9 Å². The van der Waals surface area contributed by atoms with Gasteiger partial charge in [-0.1, -0.05) is 28.1 Å². The van der Waals surface area contributed by atoms with E-state index in [1.807, 2.05) is 30.3 Å². The molecule has 1 atom stereocenters. The predicted molar refractivity (Wildman–Crippen MR) is 97.1 cm³/mol. The Morgan fingerprint density at radius 2 is 1.83 bits per heavy atom. The molecule has 0 saturated heterocycles.